The van der Waals surface area contributed by atoms with Gasteiger partial charge in [0.15, 0.2) is 5.82 Å². The van der Waals surface area contributed by atoms with Crippen molar-refractivity contribution in [2.45, 2.75) is 96.3 Å². The standard InChI is InChI=1S/C31H38F4N4O4/c1-3-38(16-20-6-4-19(5-7-20)12-27(40)41)29-26(37-25(15-36-29)22-8-9-22)17-39-18(2)28(43-30(39)42)23-10-21(14-32)11-24(13-23)31(33,34)35/h10-11,13,15,18-20,22,28H,3-9,12,14,16-17H2,1-2H3,(H,40,41)/t18-,19?,20?,28?/m0/s1. The van der Waals surface area contributed by atoms with E-state index < -0.39 is 42.6 Å². The van der Waals surface area contributed by atoms with Crippen LogP contribution in [0.4, 0.5) is 28.2 Å². The highest BCUT2D eigenvalue weighted by molar-refractivity contribution is 5.71. The smallest absolute Gasteiger partial charge is 0.416 e. The number of carbonyl (C=O) groups excluding carboxylic acids is 1. The van der Waals surface area contributed by atoms with E-state index in [0.29, 0.717) is 29.9 Å². The second kappa shape index (κ2) is 12.7. The average Bonchev–Trinajstić information content (AvgIpc) is 3.78. The minimum Gasteiger partial charge on any atom is -0.481 e. The van der Waals surface area contributed by atoms with Gasteiger partial charge in [0.2, 0.25) is 0 Å². The maximum absolute atomic E-state index is 13.5. The molecule has 3 aliphatic rings. The Bertz CT molecular complexity index is 1330. The molecule has 0 radical (unpaired) electrons. The Kier molecular flexibility index (Phi) is 9.12. The predicted molar refractivity (Wildman–Crippen MR) is 150 cm³/mol. The van der Waals surface area contributed by atoms with Crippen LogP contribution in [0.25, 0.3) is 0 Å². The first-order valence-corrected chi connectivity index (χ1v) is 15.0. The molecular formula is C31H38F4N4O4. The van der Waals surface area contributed by atoms with Crippen LogP contribution >= 0.6 is 0 Å². The monoisotopic (exact) mass is 606 g/mol. The summed E-state index contributed by atoms with van der Waals surface area (Å²) in [6.45, 7) is 4.09. The predicted octanol–water partition coefficient (Wildman–Crippen LogP) is 7.03. The largest absolute Gasteiger partial charge is 0.481 e. The van der Waals surface area contributed by atoms with Crippen molar-refractivity contribution >= 4 is 17.9 Å². The lowest BCUT2D eigenvalue weighted by Gasteiger charge is -2.33. The third-order valence-corrected chi connectivity index (χ3v) is 8.96. The van der Waals surface area contributed by atoms with Gasteiger partial charge in [0, 0.05) is 25.4 Å². The molecule has 2 saturated carbocycles. The van der Waals surface area contributed by atoms with Crippen LogP contribution in [-0.2, 0) is 28.9 Å². The summed E-state index contributed by atoms with van der Waals surface area (Å²) in [5, 5.41) is 9.14. The quantitative estimate of drug-likeness (QED) is 0.274. The molecule has 1 amide bonds. The molecule has 2 aromatic rings. The van der Waals surface area contributed by atoms with Gasteiger partial charge in [-0.3, -0.25) is 14.7 Å². The fourth-order valence-electron chi connectivity index (χ4n) is 6.37. The molecule has 2 aliphatic carbocycles. The maximum Gasteiger partial charge on any atom is 0.416 e. The molecule has 0 spiro atoms. The number of carboxylic acids is 1. The van der Waals surface area contributed by atoms with Gasteiger partial charge < -0.3 is 14.7 Å². The van der Waals surface area contributed by atoms with Crippen LogP contribution in [0.3, 0.4) is 0 Å². The average molecular weight is 607 g/mol. The Hall–Kier alpha value is -3.44. The number of cyclic esters (lactones) is 1. The van der Waals surface area contributed by atoms with E-state index >= 15 is 0 Å². The zero-order chi connectivity index (χ0) is 30.9. The Morgan fingerprint density at radius 1 is 1.12 bits per heavy atom. The van der Waals surface area contributed by atoms with Crippen molar-refractivity contribution in [2.75, 3.05) is 18.0 Å². The molecule has 43 heavy (non-hydrogen) atoms. The number of halogens is 4. The molecule has 2 heterocycles. The van der Waals surface area contributed by atoms with Crippen molar-refractivity contribution in [3.05, 3.63) is 52.5 Å². The van der Waals surface area contributed by atoms with E-state index in [9.17, 15) is 27.2 Å². The van der Waals surface area contributed by atoms with Gasteiger partial charge in [-0.05, 0) is 93.5 Å². The molecule has 1 saturated heterocycles. The highest BCUT2D eigenvalue weighted by Gasteiger charge is 2.42. The number of anilines is 1. The zero-order valence-electron chi connectivity index (χ0n) is 24.4. The molecule has 12 heteroatoms. The molecule has 3 fully saturated rings. The molecule has 8 nitrogen and oxygen atoms in total. The summed E-state index contributed by atoms with van der Waals surface area (Å²) in [6.07, 6.45) is 1.24. The van der Waals surface area contributed by atoms with Crippen LogP contribution in [0.5, 0.6) is 0 Å². The van der Waals surface area contributed by atoms with Crippen molar-refractivity contribution < 1.29 is 37.0 Å². The number of rotatable bonds is 11. The zero-order valence-corrected chi connectivity index (χ0v) is 24.4. The summed E-state index contributed by atoms with van der Waals surface area (Å²) in [4.78, 5) is 37.6. The molecule has 2 atom stereocenters. The number of ether oxygens (including phenoxy) is 1. The summed E-state index contributed by atoms with van der Waals surface area (Å²) in [6, 6.07) is 2.37. The molecule has 5 rings (SSSR count). The normalized spacial score (nSPS) is 24.2. The Morgan fingerprint density at radius 2 is 1.81 bits per heavy atom. The van der Waals surface area contributed by atoms with Gasteiger partial charge in [-0.2, -0.15) is 13.2 Å². The van der Waals surface area contributed by atoms with Crippen molar-refractivity contribution in [2.24, 2.45) is 11.8 Å². The van der Waals surface area contributed by atoms with Crippen LogP contribution in [-0.4, -0.2) is 51.2 Å². The van der Waals surface area contributed by atoms with Crippen LogP contribution in [0.1, 0.15) is 98.9 Å². The highest BCUT2D eigenvalue weighted by Crippen LogP contribution is 2.41. The van der Waals surface area contributed by atoms with Crippen LogP contribution in [0.2, 0.25) is 0 Å². The first-order valence-electron chi connectivity index (χ1n) is 15.0. The highest BCUT2D eigenvalue weighted by atomic mass is 19.4. The lowest BCUT2D eigenvalue weighted by molar-refractivity contribution is -0.139. The van der Waals surface area contributed by atoms with Gasteiger partial charge in [-0.15, -0.1) is 0 Å². The van der Waals surface area contributed by atoms with E-state index in [1.54, 1.807) is 13.1 Å². The topological polar surface area (TPSA) is 95.9 Å². The number of hydrogen-bond donors (Lipinski definition) is 1. The van der Waals surface area contributed by atoms with Crippen LogP contribution in [0.15, 0.2) is 24.4 Å². The first kappa shape index (κ1) is 31.0. The number of alkyl halides is 4. The van der Waals surface area contributed by atoms with Crippen molar-refractivity contribution in [3.63, 3.8) is 0 Å². The number of aromatic nitrogens is 2. The van der Waals surface area contributed by atoms with Crippen LogP contribution in [0, 0.1) is 11.8 Å². The molecular weight excluding hydrogens is 568 g/mol. The number of aliphatic carboxylic acids is 1. The minimum atomic E-state index is -4.67. The number of benzene rings is 1. The molecule has 1 N–H and O–H groups in total. The van der Waals surface area contributed by atoms with Gasteiger partial charge in [-0.25, -0.2) is 14.2 Å². The first-order chi connectivity index (χ1) is 20.5. The van der Waals surface area contributed by atoms with E-state index in [2.05, 4.69) is 4.90 Å². The van der Waals surface area contributed by atoms with Crippen molar-refractivity contribution in [1.29, 1.82) is 0 Å². The van der Waals surface area contributed by atoms with E-state index in [1.165, 1.54) is 11.0 Å². The summed E-state index contributed by atoms with van der Waals surface area (Å²) >= 11 is 0. The Balaban J connectivity index is 1.37. The summed E-state index contributed by atoms with van der Waals surface area (Å²) in [5.41, 5.74) is 0.431. The van der Waals surface area contributed by atoms with E-state index in [4.69, 9.17) is 19.8 Å². The van der Waals surface area contributed by atoms with E-state index in [0.717, 1.165) is 62.9 Å². The lowest BCUT2D eigenvalue weighted by Crippen LogP contribution is -2.36. The van der Waals surface area contributed by atoms with Gasteiger partial charge in [0.25, 0.3) is 0 Å². The molecule has 1 aromatic heterocycles. The fourth-order valence-corrected chi connectivity index (χ4v) is 6.37. The lowest BCUT2D eigenvalue weighted by atomic mass is 9.80. The van der Waals surface area contributed by atoms with Crippen molar-refractivity contribution in [3.8, 4) is 0 Å². The number of hydrogen-bond acceptors (Lipinski definition) is 6. The van der Waals surface area contributed by atoms with E-state index in [1.807, 2.05) is 6.92 Å². The van der Waals surface area contributed by atoms with Gasteiger partial charge in [0.1, 0.15) is 18.5 Å². The summed E-state index contributed by atoms with van der Waals surface area (Å²) in [7, 11) is 0. The molecule has 1 aliphatic heterocycles. The number of carbonyl (C=O) groups is 2. The fraction of sp³-hybridized carbons (Fsp3) is 0.613. The van der Waals surface area contributed by atoms with E-state index in [-0.39, 0.29) is 30.0 Å². The van der Waals surface area contributed by atoms with Gasteiger partial charge in [-0.1, -0.05) is 0 Å². The number of nitrogens with zero attached hydrogens (tertiary/aromatic N) is 4. The Morgan fingerprint density at radius 3 is 2.42 bits per heavy atom. The summed E-state index contributed by atoms with van der Waals surface area (Å²) in [5.74, 6) is 0.780. The molecule has 1 unspecified atom stereocenters. The number of carboxylic acid groups (broad SMARTS) is 1. The SMILES string of the molecule is CCN(CC1CCC(CC(=O)O)CC1)c1ncc(C2CC2)nc1CN1C(=O)OC(c2cc(CF)cc(C(F)(F)F)c2)[C@@H]1C. The number of amides is 1. The second-order valence-corrected chi connectivity index (χ2v) is 12.1. The van der Waals surface area contributed by atoms with Crippen molar-refractivity contribution in [1.82, 2.24) is 14.9 Å². The molecule has 0 bridgehead atoms. The third-order valence-electron chi connectivity index (χ3n) is 8.96. The summed E-state index contributed by atoms with van der Waals surface area (Å²) < 4.78 is 59.6. The third kappa shape index (κ3) is 7.21. The van der Waals surface area contributed by atoms with Crippen LogP contribution < -0.4 is 4.90 Å². The Labute approximate surface area is 248 Å². The van der Waals surface area contributed by atoms with Gasteiger partial charge in [0.05, 0.1) is 30.0 Å². The maximum atomic E-state index is 13.5. The second-order valence-electron chi connectivity index (χ2n) is 12.1. The molecule has 234 valence electrons. The molecule has 1 aromatic carbocycles. The van der Waals surface area contributed by atoms with Gasteiger partial charge >= 0.3 is 18.2 Å². The minimum absolute atomic E-state index is 0.0657.